The first-order chi connectivity index (χ1) is 13.4. The molecule has 0 fully saturated rings. The highest BCUT2D eigenvalue weighted by atomic mass is 127. The maximum Gasteiger partial charge on any atom is 0.263 e. The highest BCUT2D eigenvalue weighted by Gasteiger charge is 2.11. The molecule has 1 heterocycles. The molecule has 29 heavy (non-hydrogen) atoms. The minimum atomic E-state index is -0.114. The van der Waals surface area contributed by atoms with Crippen molar-refractivity contribution in [3.63, 3.8) is 0 Å². The number of aromatic nitrogens is 1. The van der Waals surface area contributed by atoms with Gasteiger partial charge in [-0.2, -0.15) is 0 Å². The monoisotopic (exact) mass is 530 g/mol. The first kappa shape index (κ1) is 24.8. The normalized spacial score (nSPS) is 10.7. The van der Waals surface area contributed by atoms with Gasteiger partial charge in [0.1, 0.15) is 4.88 Å². The predicted molar refractivity (Wildman–Crippen MR) is 127 cm³/mol. The zero-order chi connectivity index (χ0) is 20.5. The molecule has 10 heteroatoms. The Morgan fingerprint density at radius 2 is 1.76 bits per heavy atom. The number of carbonyl (C=O) groups is 2. The second kappa shape index (κ2) is 12.4. The molecular formula is C19H27IN6O2S. The van der Waals surface area contributed by atoms with Crippen LogP contribution in [0, 0.1) is 6.92 Å². The highest BCUT2D eigenvalue weighted by molar-refractivity contribution is 14.0. The minimum Gasteiger partial charge on any atom is -0.355 e. The van der Waals surface area contributed by atoms with Crippen molar-refractivity contribution in [1.82, 2.24) is 25.8 Å². The Balaban J connectivity index is 0.00000420. The van der Waals surface area contributed by atoms with Crippen LogP contribution in [-0.2, 0) is 6.54 Å². The van der Waals surface area contributed by atoms with Gasteiger partial charge in [0.25, 0.3) is 11.8 Å². The molecular weight excluding hydrogens is 503 g/mol. The second-order valence-electron chi connectivity index (χ2n) is 6.27. The molecule has 1 aromatic heterocycles. The van der Waals surface area contributed by atoms with Gasteiger partial charge in [0.15, 0.2) is 5.96 Å². The molecule has 0 aliphatic carbocycles. The van der Waals surface area contributed by atoms with Gasteiger partial charge in [-0.15, -0.1) is 35.3 Å². The van der Waals surface area contributed by atoms with Crippen molar-refractivity contribution in [3.8, 4) is 0 Å². The van der Waals surface area contributed by atoms with E-state index in [9.17, 15) is 9.59 Å². The van der Waals surface area contributed by atoms with E-state index in [4.69, 9.17) is 0 Å². The largest absolute Gasteiger partial charge is 0.355 e. The number of nitrogens with one attached hydrogen (secondary N) is 3. The zero-order valence-corrected chi connectivity index (χ0v) is 20.1. The number of aliphatic imine (C=N–C) groups is 1. The van der Waals surface area contributed by atoms with Gasteiger partial charge in [-0.1, -0.05) is 12.1 Å². The van der Waals surface area contributed by atoms with Crippen LogP contribution in [0.5, 0.6) is 0 Å². The number of hydrogen-bond donors (Lipinski definition) is 3. The summed E-state index contributed by atoms with van der Waals surface area (Å²) in [7, 11) is 5.15. The van der Waals surface area contributed by atoms with Gasteiger partial charge in [-0.25, -0.2) is 4.98 Å². The Morgan fingerprint density at radius 3 is 2.31 bits per heavy atom. The molecule has 0 atom stereocenters. The van der Waals surface area contributed by atoms with Crippen molar-refractivity contribution in [3.05, 3.63) is 51.5 Å². The average Bonchev–Trinajstić information content (AvgIpc) is 3.13. The number of benzene rings is 1. The van der Waals surface area contributed by atoms with Gasteiger partial charge in [-0.3, -0.25) is 14.6 Å². The van der Waals surface area contributed by atoms with Crippen molar-refractivity contribution >= 4 is 53.1 Å². The van der Waals surface area contributed by atoms with Crippen molar-refractivity contribution in [2.24, 2.45) is 4.99 Å². The van der Waals surface area contributed by atoms with E-state index in [2.05, 4.69) is 25.9 Å². The summed E-state index contributed by atoms with van der Waals surface area (Å²) in [6, 6.07) is 7.45. The third-order valence-corrected chi connectivity index (χ3v) is 4.87. The summed E-state index contributed by atoms with van der Waals surface area (Å²) in [6.45, 7) is 3.40. The van der Waals surface area contributed by atoms with Gasteiger partial charge < -0.3 is 20.9 Å². The summed E-state index contributed by atoms with van der Waals surface area (Å²) in [4.78, 5) is 34.4. The molecule has 0 saturated heterocycles. The van der Waals surface area contributed by atoms with Crippen LogP contribution in [-0.4, -0.2) is 61.9 Å². The zero-order valence-electron chi connectivity index (χ0n) is 17.0. The molecule has 158 valence electrons. The fourth-order valence-electron chi connectivity index (χ4n) is 2.39. The molecule has 0 spiro atoms. The van der Waals surface area contributed by atoms with E-state index in [1.54, 1.807) is 31.6 Å². The number of rotatable bonds is 7. The highest BCUT2D eigenvalue weighted by Crippen LogP contribution is 2.11. The summed E-state index contributed by atoms with van der Waals surface area (Å²) in [6.07, 6.45) is 0. The topological polar surface area (TPSA) is 98.7 Å². The second-order valence-corrected chi connectivity index (χ2v) is 7.13. The molecule has 0 aliphatic heterocycles. The molecule has 2 rings (SSSR count). The molecule has 3 N–H and O–H groups in total. The lowest BCUT2D eigenvalue weighted by Crippen LogP contribution is -2.41. The van der Waals surface area contributed by atoms with Crippen LogP contribution in [0.2, 0.25) is 0 Å². The number of thiazole rings is 1. The molecule has 0 unspecified atom stereocenters. The molecule has 2 amide bonds. The number of halogens is 1. The van der Waals surface area contributed by atoms with Crippen LogP contribution in [0.3, 0.4) is 0 Å². The molecule has 8 nitrogen and oxygen atoms in total. The Bertz CT molecular complexity index is 835. The first-order valence-electron chi connectivity index (χ1n) is 8.85. The Labute approximate surface area is 192 Å². The maximum atomic E-state index is 12.0. The summed E-state index contributed by atoms with van der Waals surface area (Å²) in [5, 5.41) is 9.21. The smallest absolute Gasteiger partial charge is 0.263 e. The SMILES string of the molecule is CN=C(NCCNC(=O)c1scnc1C)NCc1ccc(C(=O)N(C)C)cc1.I. The van der Waals surface area contributed by atoms with E-state index in [1.165, 1.54) is 11.3 Å². The van der Waals surface area contributed by atoms with E-state index < -0.39 is 0 Å². The van der Waals surface area contributed by atoms with Gasteiger partial charge >= 0.3 is 0 Å². The van der Waals surface area contributed by atoms with Gasteiger partial charge in [0, 0.05) is 46.3 Å². The number of carbonyl (C=O) groups excluding carboxylic acids is 2. The Hall–Kier alpha value is -2.21. The van der Waals surface area contributed by atoms with E-state index in [1.807, 2.05) is 31.2 Å². The van der Waals surface area contributed by atoms with Gasteiger partial charge in [-0.05, 0) is 24.6 Å². The lowest BCUT2D eigenvalue weighted by molar-refractivity contribution is 0.0827. The standard InChI is InChI=1S/C19H26N6O2S.HI/c1-13-16(28-12-24-13)17(26)21-9-10-22-19(20-2)23-11-14-5-7-15(8-6-14)18(27)25(3)4;/h5-8,12H,9-11H2,1-4H3,(H,21,26)(H2,20,22,23);1H. The third kappa shape index (κ3) is 7.61. The third-order valence-electron chi connectivity index (χ3n) is 3.95. The number of aryl methyl sites for hydroxylation is 1. The molecule has 2 aromatic rings. The Kier molecular flexibility index (Phi) is 10.6. The fourth-order valence-corrected chi connectivity index (χ4v) is 3.11. The predicted octanol–water partition coefficient (Wildman–Crippen LogP) is 1.87. The lowest BCUT2D eigenvalue weighted by Gasteiger charge is -2.13. The molecule has 0 saturated carbocycles. The number of amides is 2. The van der Waals surface area contributed by atoms with Gasteiger partial charge in [0.05, 0.1) is 11.2 Å². The van der Waals surface area contributed by atoms with E-state index in [0.29, 0.717) is 36.0 Å². The average molecular weight is 530 g/mol. The van der Waals surface area contributed by atoms with E-state index >= 15 is 0 Å². The number of nitrogens with zero attached hydrogens (tertiary/aromatic N) is 3. The van der Waals surface area contributed by atoms with Crippen molar-refractivity contribution in [1.29, 1.82) is 0 Å². The maximum absolute atomic E-state index is 12.0. The van der Waals surface area contributed by atoms with Crippen molar-refractivity contribution in [2.45, 2.75) is 13.5 Å². The Morgan fingerprint density at radius 1 is 1.10 bits per heavy atom. The van der Waals surface area contributed by atoms with Crippen LogP contribution in [0.4, 0.5) is 0 Å². The van der Waals surface area contributed by atoms with Crippen LogP contribution in [0.1, 0.15) is 31.3 Å². The summed E-state index contributed by atoms with van der Waals surface area (Å²) >= 11 is 1.33. The van der Waals surface area contributed by atoms with Crippen molar-refractivity contribution < 1.29 is 9.59 Å². The lowest BCUT2D eigenvalue weighted by atomic mass is 10.1. The molecule has 0 radical (unpaired) electrons. The fraction of sp³-hybridized carbons (Fsp3) is 0.368. The summed E-state index contributed by atoms with van der Waals surface area (Å²) < 4.78 is 0. The number of guanidine groups is 1. The molecule has 0 bridgehead atoms. The summed E-state index contributed by atoms with van der Waals surface area (Å²) in [5.74, 6) is 0.501. The van der Waals surface area contributed by atoms with Crippen LogP contribution < -0.4 is 16.0 Å². The van der Waals surface area contributed by atoms with E-state index in [0.717, 1.165) is 11.3 Å². The number of hydrogen-bond acceptors (Lipinski definition) is 5. The first-order valence-corrected chi connectivity index (χ1v) is 9.73. The van der Waals surface area contributed by atoms with Crippen LogP contribution >= 0.6 is 35.3 Å². The minimum absolute atomic E-state index is 0. The molecule has 1 aromatic carbocycles. The molecule has 0 aliphatic rings. The van der Waals surface area contributed by atoms with Gasteiger partial charge in [0.2, 0.25) is 0 Å². The summed E-state index contributed by atoms with van der Waals surface area (Å²) in [5.41, 5.74) is 4.10. The quantitative estimate of drug-likeness (QED) is 0.220. The van der Waals surface area contributed by atoms with Crippen LogP contribution in [0.25, 0.3) is 0 Å². The van der Waals surface area contributed by atoms with Crippen molar-refractivity contribution in [2.75, 3.05) is 34.2 Å². The van der Waals surface area contributed by atoms with Crippen LogP contribution in [0.15, 0.2) is 34.8 Å². The van der Waals surface area contributed by atoms with E-state index in [-0.39, 0.29) is 35.8 Å².